The third kappa shape index (κ3) is 4.14. The third-order valence-electron chi connectivity index (χ3n) is 3.50. The van der Waals surface area contributed by atoms with Crippen molar-refractivity contribution in [1.82, 2.24) is 0 Å². The molecule has 126 valence electrons. The Morgan fingerprint density at radius 1 is 1.17 bits per heavy atom. The number of halogens is 1. The third-order valence-corrected chi connectivity index (χ3v) is 3.96. The highest BCUT2D eigenvalue weighted by molar-refractivity contribution is 9.10. The second kappa shape index (κ2) is 7.49. The number of carboxylic acid groups (broad SMARTS) is 1. The van der Waals surface area contributed by atoms with Crippen LogP contribution in [0.4, 0.5) is 5.69 Å². The molecule has 0 aliphatic heterocycles. The molecular weight excluding hydrogens is 374 g/mol. The maximum absolute atomic E-state index is 12.3. The average molecular weight is 392 g/mol. The molecule has 0 saturated carbocycles. The average Bonchev–Trinajstić information content (AvgIpc) is 2.50. The number of carbonyl (C=O) groups is 2. The van der Waals surface area contributed by atoms with E-state index in [1.54, 1.807) is 25.1 Å². The summed E-state index contributed by atoms with van der Waals surface area (Å²) in [6.45, 7) is 5.43. The summed E-state index contributed by atoms with van der Waals surface area (Å²) in [5, 5.41) is 11.8. The van der Waals surface area contributed by atoms with Crippen LogP contribution in [0.15, 0.2) is 40.9 Å². The summed E-state index contributed by atoms with van der Waals surface area (Å²) in [5.41, 5.74) is 2.10. The van der Waals surface area contributed by atoms with Crippen molar-refractivity contribution in [2.75, 3.05) is 5.32 Å². The lowest BCUT2D eigenvalue weighted by atomic mass is 10.1. The van der Waals surface area contributed by atoms with E-state index in [1.807, 2.05) is 26.0 Å². The highest BCUT2D eigenvalue weighted by Gasteiger charge is 2.19. The molecular formula is C18H18BrNO4. The summed E-state index contributed by atoms with van der Waals surface area (Å²) in [5.74, 6) is -0.864. The Morgan fingerprint density at radius 2 is 1.75 bits per heavy atom. The van der Waals surface area contributed by atoms with Crippen molar-refractivity contribution < 1.29 is 19.4 Å². The molecule has 0 aromatic heterocycles. The number of aromatic carboxylic acids is 1. The number of amides is 1. The first-order valence-electron chi connectivity index (χ1n) is 7.36. The van der Waals surface area contributed by atoms with E-state index in [0.717, 1.165) is 15.6 Å². The number of hydrogen-bond acceptors (Lipinski definition) is 3. The van der Waals surface area contributed by atoms with Gasteiger partial charge in [0.2, 0.25) is 0 Å². The molecule has 2 aromatic carbocycles. The molecule has 24 heavy (non-hydrogen) atoms. The minimum absolute atomic E-state index is 0.0362. The monoisotopic (exact) mass is 391 g/mol. The number of ether oxygens (including phenoxy) is 1. The smallest absolute Gasteiger partial charge is 0.337 e. The maximum atomic E-state index is 12.3. The lowest BCUT2D eigenvalue weighted by Gasteiger charge is -2.19. The van der Waals surface area contributed by atoms with Crippen molar-refractivity contribution in [3.8, 4) is 5.75 Å². The van der Waals surface area contributed by atoms with Crippen molar-refractivity contribution in [3.05, 3.63) is 57.6 Å². The van der Waals surface area contributed by atoms with Gasteiger partial charge < -0.3 is 15.2 Å². The van der Waals surface area contributed by atoms with Crippen LogP contribution in [0.2, 0.25) is 0 Å². The predicted molar refractivity (Wildman–Crippen MR) is 95.7 cm³/mol. The van der Waals surface area contributed by atoms with E-state index in [4.69, 9.17) is 9.84 Å². The number of nitrogens with one attached hydrogen (secondary N) is 1. The van der Waals surface area contributed by atoms with Gasteiger partial charge in [-0.3, -0.25) is 4.79 Å². The van der Waals surface area contributed by atoms with E-state index < -0.39 is 18.0 Å². The molecule has 0 fully saturated rings. The number of carboxylic acids is 1. The summed E-state index contributed by atoms with van der Waals surface area (Å²) >= 11 is 3.42. The first-order chi connectivity index (χ1) is 11.3. The van der Waals surface area contributed by atoms with Crippen molar-refractivity contribution in [1.29, 1.82) is 0 Å². The Hall–Kier alpha value is -2.34. The zero-order chi connectivity index (χ0) is 17.9. The van der Waals surface area contributed by atoms with E-state index in [9.17, 15) is 9.59 Å². The molecule has 2 N–H and O–H groups in total. The van der Waals surface area contributed by atoms with Gasteiger partial charge in [0.1, 0.15) is 5.75 Å². The molecule has 0 bridgehead atoms. The van der Waals surface area contributed by atoms with Gasteiger partial charge in [0, 0.05) is 4.47 Å². The summed E-state index contributed by atoms with van der Waals surface area (Å²) in [6.07, 6.45) is -0.773. The molecule has 0 aliphatic rings. The van der Waals surface area contributed by atoms with Crippen molar-refractivity contribution in [2.45, 2.75) is 26.9 Å². The fourth-order valence-electron chi connectivity index (χ4n) is 2.33. The van der Waals surface area contributed by atoms with Crippen LogP contribution in [0, 0.1) is 13.8 Å². The highest BCUT2D eigenvalue weighted by Crippen LogP contribution is 2.28. The molecule has 1 amide bonds. The Morgan fingerprint density at radius 3 is 2.33 bits per heavy atom. The van der Waals surface area contributed by atoms with Crippen LogP contribution in [0.3, 0.4) is 0 Å². The van der Waals surface area contributed by atoms with Gasteiger partial charge in [0.25, 0.3) is 5.91 Å². The maximum Gasteiger partial charge on any atom is 0.337 e. The summed E-state index contributed by atoms with van der Waals surface area (Å²) < 4.78 is 6.73. The van der Waals surface area contributed by atoms with Crippen LogP contribution >= 0.6 is 15.9 Å². The molecule has 1 atom stereocenters. The van der Waals surface area contributed by atoms with Gasteiger partial charge in [0.15, 0.2) is 6.10 Å². The zero-order valence-electron chi connectivity index (χ0n) is 13.6. The molecule has 5 nitrogen and oxygen atoms in total. The van der Waals surface area contributed by atoms with Gasteiger partial charge in [-0.2, -0.15) is 0 Å². The predicted octanol–water partition coefficient (Wildman–Crippen LogP) is 4.17. The molecule has 0 spiro atoms. The summed E-state index contributed by atoms with van der Waals surface area (Å²) in [4.78, 5) is 23.5. The molecule has 1 unspecified atom stereocenters. The van der Waals surface area contributed by atoms with Crippen LogP contribution in [0.5, 0.6) is 5.75 Å². The molecule has 2 rings (SSSR count). The Balaban J connectivity index is 2.16. The molecule has 2 aromatic rings. The number of benzene rings is 2. The number of aryl methyl sites for hydroxylation is 2. The number of anilines is 1. The SMILES string of the molecule is Cc1cc(Br)cc(C)c1OC(C)C(=O)Nc1ccccc1C(=O)O. The topological polar surface area (TPSA) is 75.6 Å². The number of rotatable bonds is 5. The van der Waals surface area contributed by atoms with Crippen LogP contribution in [0.25, 0.3) is 0 Å². The number of para-hydroxylation sites is 1. The molecule has 0 saturated heterocycles. The van der Waals surface area contributed by atoms with Gasteiger partial charge >= 0.3 is 5.97 Å². The summed E-state index contributed by atoms with van der Waals surface area (Å²) in [7, 11) is 0. The van der Waals surface area contributed by atoms with Crippen LogP contribution in [-0.4, -0.2) is 23.1 Å². The number of carbonyl (C=O) groups excluding carboxylic acids is 1. The van der Waals surface area contributed by atoms with E-state index in [0.29, 0.717) is 5.75 Å². The molecule has 6 heteroatoms. The zero-order valence-corrected chi connectivity index (χ0v) is 15.2. The van der Waals surface area contributed by atoms with Crippen molar-refractivity contribution in [3.63, 3.8) is 0 Å². The lowest BCUT2D eigenvalue weighted by Crippen LogP contribution is -2.31. The van der Waals surface area contributed by atoms with E-state index in [-0.39, 0.29) is 11.3 Å². The Bertz CT molecular complexity index is 765. The van der Waals surface area contributed by atoms with Crippen molar-refractivity contribution >= 4 is 33.5 Å². The van der Waals surface area contributed by atoms with Gasteiger partial charge in [-0.05, 0) is 56.2 Å². The molecule has 0 heterocycles. The van der Waals surface area contributed by atoms with Crippen LogP contribution in [-0.2, 0) is 4.79 Å². The Kier molecular flexibility index (Phi) is 5.62. The largest absolute Gasteiger partial charge is 0.480 e. The van der Waals surface area contributed by atoms with E-state index in [1.165, 1.54) is 6.07 Å². The van der Waals surface area contributed by atoms with Crippen molar-refractivity contribution in [2.24, 2.45) is 0 Å². The minimum atomic E-state index is -1.10. The lowest BCUT2D eigenvalue weighted by molar-refractivity contribution is -0.122. The van der Waals surface area contributed by atoms with E-state index in [2.05, 4.69) is 21.2 Å². The fraction of sp³-hybridized carbons (Fsp3) is 0.222. The normalized spacial score (nSPS) is 11.7. The van der Waals surface area contributed by atoms with Gasteiger partial charge in [0.05, 0.1) is 11.3 Å². The first-order valence-corrected chi connectivity index (χ1v) is 8.15. The number of hydrogen-bond donors (Lipinski definition) is 2. The fourth-order valence-corrected chi connectivity index (χ4v) is 3.01. The molecule has 0 radical (unpaired) electrons. The quantitative estimate of drug-likeness (QED) is 0.801. The minimum Gasteiger partial charge on any atom is -0.480 e. The van der Waals surface area contributed by atoms with Crippen LogP contribution in [0.1, 0.15) is 28.4 Å². The second-order valence-corrected chi connectivity index (χ2v) is 6.38. The van der Waals surface area contributed by atoms with E-state index >= 15 is 0 Å². The highest BCUT2D eigenvalue weighted by atomic mass is 79.9. The van der Waals surface area contributed by atoms with Gasteiger partial charge in [-0.1, -0.05) is 28.1 Å². The second-order valence-electron chi connectivity index (χ2n) is 5.47. The van der Waals surface area contributed by atoms with Gasteiger partial charge in [-0.25, -0.2) is 4.79 Å². The Labute approximate surface area is 148 Å². The first kappa shape index (κ1) is 18.0. The van der Waals surface area contributed by atoms with Crippen LogP contribution < -0.4 is 10.1 Å². The summed E-state index contributed by atoms with van der Waals surface area (Å²) in [6, 6.07) is 10.1. The molecule has 0 aliphatic carbocycles. The van der Waals surface area contributed by atoms with Gasteiger partial charge in [-0.15, -0.1) is 0 Å². The standard InChI is InChI=1S/C18H18BrNO4/c1-10-8-13(19)9-11(2)16(10)24-12(3)17(21)20-15-7-5-4-6-14(15)18(22)23/h4-9,12H,1-3H3,(H,20,21)(H,22,23).